The molecule has 9 heteroatoms. The molecule has 0 aliphatic heterocycles. The summed E-state index contributed by atoms with van der Waals surface area (Å²) in [6, 6.07) is 3.51. The van der Waals surface area contributed by atoms with E-state index < -0.39 is 24.0 Å². The van der Waals surface area contributed by atoms with Gasteiger partial charge in [0.2, 0.25) is 0 Å². The summed E-state index contributed by atoms with van der Waals surface area (Å²) in [6.07, 6.45) is -5.04. The third-order valence-corrected chi connectivity index (χ3v) is 1.88. The van der Waals surface area contributed by atoms with Gasteiger partial charge in [0.05, 0.1) is 0 Å². The van der Waals surface area contributed by atoms with Crippen molar-refractivity contribution in [3.05, 3.63) is 29.8 Å². The van der Waals surface area contributed by atoms with E-state index in [-0.39, 0.29) is 11.3 Å². The summed E-state index contributed by atoms with van der Waals surface area (Å²) in [6.45, 7) is 0. The Bertz CT molecular complexity index is 528. The Morgan fingerprint density at radius 2 is 1.79 bits per heavy atom. The predicted octanol–water partition coefficient (Wildman–Crippen LogP) is 0.996. The molecule has 6 nitrogen and oxygen atoms in total. The third-order valence-electron chi connectivity index (χ3n) is 1.88. The van der Waals surface area contributed by atoms with Crippen LogP contribution in [-0.4, -0.2) is 24.0 Å². The van der Waals surface area contributed by atoms with Crippen LogP contribution in [0, 0.1) is 0 Å². The van der Waals surface area contributed by atoms with Gasteiger partial charge >= 0.3 is 18.1 Å². The molecule has 0 heterocycles. The van der Waals surface area contributed by atoms with Crippen LogP contribution in [0.5, 0.6) is 0 Å². The van der Waals surface area contributed by atoms with E-state index >= 15 is 0 Å². The Balaban J connectivity index is 2.86. The van der Waals surface area contributed by atoms with Gasteiger partial charge in [0, 0.05) is 11.3 Å². The number of halogens is 3. The molecule has 1 aromatic rings. The highest BCUT2D eigenvalue weighted by Gasteiger charge is 2.38. The Morgan fingerprint density at radius 3 is 2.32 bits per heavy atom. The Labute approximate surface area is 104 Å². The topological polar surface area (TPSA) is 101 Å². The van der Waals surface area contributed by atoms with E-state index in [0.717, 1.165) is 12.1 Å². The van der Waals surface area contributed by atoms with E-state index in [2.05, 4.69) is 0 Å². The van der Waals surface area contributed by atoms with E-state index in [4.69, 9.17) is 5.73 Å². The largest absolute Gasteiger partial charge is 0.471 e. The number of carbonyl (C=O) groups excluding carboxylic acids is 3. The standard InChI is InChI=1S/C10H8F3N3O3/c11-10(12,13)8(18)15-6-3-1-2-5(4-6)7(17)16-9(14)19/h1-4H,(H,15,18)(H3,14,16,17,19). The van der Waals surface area contributed by atoms with Crippen molar-refractivity contribution in [3.8, 4) is 0 Å². The van der Waals surface area contributed by atoms with Crippen LogP contribution in [0.25, 0.3) is 0 Å². The molecule has 0 unspecified atom stereocenters. The summed E-state index contributed by atoms with van der Waals surface area (Å²) in [5.41, 5.74) is 4.35. The number of urea groups is 1. The lowest BCUT2D eigenvalue weighted by molar-refractivity contribution is -0.167. The van der Waals surface area contributed by atoms with Crippen molar-refractivity contribution in [2.24, 2.45) is 5.73 Å². The number of alkyl halides is 3. The Kier molecular flexibility index (Phi) is 4.10. The third kappa shape index (κ3) is 4.30. The fraction of sp³-hybridized carbons (Fsp3) is 0.100. The zero-order chi connectivity index (χ0) is 14.6. The van der Waals surface area contributed by atoms with Crippen LogP contribution in [0.3, 0.4) is 0 Å². The zero-order valence-corrected chi connectivity index (χ0v) is 9.25. The Morgan fingerprint density at radius 1 is 1.16 bits per heavy atom. The molecule has 0 aliphatic rings. The van der Waals surface area contributed by atoms with Crippen molar-refractivity contribution in [1.29, 1.82) is 0 Å². The molecule has 0 radical (unpaired) electrons. The number of anilines is 1. The van der Waals surface area contributed by atoms with Crippen LogP contribution in [0.4, 0.5) is 23.7 Å². The van der Waals surface area contributed by atoms with Crippen molar-refractivity contribution in [3.63, 3.8) is 0 Å². The predicted molar refractivity (Wildman–Crippen MR) is 58.2 cm³/mol. The maximum Gasteiger partial charge on any atom is 0.471 e. The normalized spacial score (nSPS) is 10.7. The molecular formula is C10H8F3N3O3. The van der Waals surface area contributed by atoms with Gasteiger partial charge in [-0.1, -0.05) is 6.07 Å². The molecule has 0 aromatic heterocycles. The number of hydrogen-bond acceptors (Lipinski definition) is 3. The molecule has 102 valence electrons. The first-order valence-corrected chi connectivity index (χ1v) is 4.79. The highest BCUT2D eigenvalue weighted by molar-refractivity contribution is 6.05. The monoisotopic (exact) mass is 275 g/mol. The molecular weight excluding hydrogens is 267 g/mol. The summed E-state index contributed by atoms with van der Waals surface area (Å²) < 4.78 is 36.0. The van der Waals surface area contributed by atoms with Gasteiger partial charge < -0.3 is 11.1 Å². The van der Waals surface area contributed by atoms with Crippen molar-refractivity contribution in [2.75, 3.05) is 5.32 Å². The lowest BCUT2D eigenvalue weighted by atomic mass is 10.2. The van der Waals surface area contributed by atoms with Crippen LogP contribution in [0.1, 0.15) is 10.4 Å². The fourth-order valence-corrected chi connectivity index (χ4v) is 1.12. The quantitative estimate of drug-likeness (QED) is 0.750. The first-order chi connectivity index (χ1) is 8.70. The van der Waals surface area contributed by atoms with Gasteiger partial charge in [-0.2, -0.15) is 13.2 Å². The summed E-state index contributed by atoms with van der Waals surface area (Å²) >= 11 is 0. The summed E-state index contributed by atoms with van der Waals surface area (Å²) in [4.78, 5) is 32.5. The minimum atomic E-state index is -5.04. The second kappa shape index (κ2) is 5.38. The zero-order valence-electron chi connectivity index (χ0n) is 9.25. The van der Waals surface area contributed by atoms with Crippen molar-refractivity contribution < 1.29 is 27.6 Å². The maximum absolute atomic E-state index is 12.0. The van der Waals surface area contributed by atoms with Crippen LogP contribution in [0.15, 0.2) is 24.3 Å². The van der Waals surface area contributed by atoms with Gasteiger partial charge in [0.25, 0.3) is 5.91 Å². The molecule has 0 fully saturated rings. The van der Waals surface area contributed by atoms with E-state index in [0.29, 0.717) is 0 Å². The van der Waals surface area contributed by atoms with E-state index in [1.54, 1.807) is 10.6 Å². The van der Waals surface area contributed by atoms with Gasteiger partial charge in [0.15, 0.2) is 0 Å². The number of nitrogens with one attached hydrogen (secondary N) is 2. The first-order valence-electron chi connectivity index (χ1n) is 4.79. The molecule has 0 saturated heterocycles. The molecule has 0 spiro atoms. The van der Waals surface area contributed by atoms with Gasteiger partial charge in [-0.3, -0.25) is 14.9 Å². The van der Waals surface area contributed by atoms with Crippen LogP contribution in [-0.2, 0) is 4.79 Å². The maximum atomic E-state index is 12.0. The first kappa shape index (κ1) is 14.5. The number of hydrogen-bond donors (Lipinski definition) is 3. The van der Waals surface area contributed by atoms with Crippen LogP contribution < -0.4 is 16.4 Å². The second-order valence-electron chi connectivity index (χ2n) is 3.35. The smallest absolute Gasteiger partial charge is 0.351 e. The van der Waals surface area contributed by atoms with Gasteiger partial charge in [-0.15, -0.1) is 0 Å². The van der Waals surface area contributed by atoms with Crippen LogP contribution in [0.2, 0.25) is 0 Å². The summed E-state index contributed by atoms with van der Waals surface area (Å²) in [5, 5.41) is 3.31. The van der Waals surface area contributed by atoms with Gasteiger partial charge in [-0.05, 0) is 18.2 Å². The van der Waals surface area contributed by atoms with E-state index in [1.807, 2.05) is 0 Å². The highest BCUT2D eigenvalue weighted by atomic mass is 19.4. The molecule has 1 aromatic carbocycles. The second-order valence-corrected chi connectivity index (χ2v) is 3.35. The fourth-order valence-electron chi connectivity index (χ4n) is 1.12. The number of primary amides is 1. The molecule has 1 rings (SSSR count). The molecule has 19 heavy (non-hydrogen) atoms. The molecule has 0 atom stereocenters. The van der Waals surface area contributed by atoms with E-state index in [9.17, 15) is 27.6 Å². The summed E-state index contributed by atoms with van der Waals surface area (Å²) in [7, 11) is 0. The minimum Gasteiger partial charge on any atom is -0.351 e. The average molecular weight is 275 g/mol. The SMILES string of the molecule is NC(=O)NC(=O)c1cccc(NC(=O)C(F)(F)F)c1. The molecule has 0 bridgehead atoms. The lowest BCUT2D eigenvalue weighted by Crippen LogP contribution is -2.35. The van der Waals surface area contributed by atoms with Crippen molar-refractivity contribution in [2.45, 2.75) is 6.18 Å². The lowest BCUT2D eigenvalue weighted by Gasteiger charge is -2.08. The number of amides is 4. The molecule has 0 aliphatic carbocycles. The van der Waals surface area contributed by atoms with E-state index in [1.165, 1.54) is 12.1 Å². The molecule has 0 saturated carbocycles. The van der Waals surface area contributed by atoms with Crippen molar-refractivity contribution in [1.82, 2.24) is 5.32 Å². The number of rotatable bonds is 2. The Hall–Kier alpha value is -2.58. The van der Waals surface area contributed by atoms with Crippen molar-refractivity contribution >= 4 is 23.5 Å². The highest BCUT2D eigenvalue weighted by Crippen LogP contribution is 2.18. The number of nitrogens with two attached hydrogens (primary N) is 1. The minimum absolute atomic E-state index is 0.126. The number of imide groups is 1. The van der Waals surface area contributed by atoms with Gasteiger partial charge in [-0.25, -0.2) is 4.79 Å². The average Bonchev–Trinajstić information content (AvgIpc) is 2.27. The number of benzene rings is 1. The summed E-state index contributed by atoms with van der Waals surface area (Å²) in [5.74, 6) is -3.06. The van der Waals surface area contributed by atoms with Crippen LogP contribution >= 0.6 is 0 Å². The molecule has 4 amide bonds. The van der Waals surface area contributed by atoms with Gasteiger partial charge in [0.1, 0.15) is 0 Å². The molecule has 4 N–H and O–H groups in total. The number of carbonyl (C=O) groups is 3.